The number of ether oxygens (including phenoxy) is 2. The summed E-state index contributed by atoms with van der Waals surface area (Å²) in [5.41, 5.74) is 2.33. The van der Waals surface area contributed by atoms with Crippen molar-refractivity contribution in [3.63, 3.8) is 0 Å². The number of rotatable bonds is 7. The smallest absolute Gasteiger partial charge is 0.309 e. The van der Waals surface area contributed by atoms with Crippen LogP contribution in [-0.2, 0) is 9.53 Å². The van der Waals surface area contributed by atoms with Gasteiger partial charge in [0.1, 0.15) is 12.4 Å². The van der Waals surface area contributed by atoms with Crippen LogP contribution in [0.25, 0.3) is 0 Å². The third-order valence-electron chi connectivity index (χ3n) is 3.26. The predicted octanol–water partition coefficient (Wildman–Crippen LogP) is 2.42. The lowest BCUT2D eigenvalue weighted by molar-refractivity contribution is -0.145. The molecule has 0 aliphatic rings. The van der Waals surface area contributed by atoms with E-state index in [4.69, 9.17) is 9.47 Å². The maximum Gasteiger partial charge on any atom is 0.309 e. The third-order valence-corrected chi connectivity index (χ3v) is 3.26. The van der Waals surface area contributed by atoms with Crippen LogP contribution in [0.2, 0.25) is 0 Å². The molecule has 0 spiro atoms. The van der Waals surface area contributed by atoms with Crippen LogP contribution in [0.5, 0.6) is 5.75 Å². The molecular weight excluding hydrogens is 254 g/mol. The molecule has 4 heteroatoms. The number of nitrogens with zero attached hydrogens (tertiary/aromatic N) is 1. The normalized spacial score (nSPS) is 12.3. The zero-order chi connectivity index (χ0) is 15.1. The highest BCUT2D eigenvalue weighted by Gasteiger charge is 2.15. The Labute approximate surface area is 121 Å². The van der Waals surface area contributed by atoms with E-state index in [2.05, 4.69) is 24.0 Å². The second-order valence-electron chi connectivity index (χ2n) is 5.30. The van der Waals surface area contributed by atoms with Gasteiger partial charge in [-0.2, -0.15) is 0 Å². The van der Waals surface area contributed by atoms with Gasteiger partial charge >= 0.3 is 5.97 Å². The summed E-state index contributed by atoms with van der Waals surface area (Å²) >= 11 is 0. The van der Waals surface area contributed by atoms with Gasteiger partial charge in [-0.05, 0) is 38.1 Å². The fourth-order valence-corrected chi connectivity index (χ4v) is 2.01. The lowest BCUT2D eigenvalue weighted by Crippen LogP contribution is -2.32. The maximum absolute atomic E-state index is 11.3. The third kappa shape index (κ3) is 5.21. The summed E-state index contributed by atoms with van der Waals surface area (Å²) < 4.78 is 10.5. The number of carbonyl (C=O) groups is 1. The molecule has 1 aromatic carbocycles. The molecule has 4 nitrogen and oxygen atoms in total. The molecule has 0 saturated heterocycles. The molecule has 0 aliphatic carbocycles. The number of methoxy groups -OCH3 is 1. The summed E-state index contributed by atoms with van der Waals surface area (Å²) in [6.45, 7) is 8.01. The van der Waals surface area contributed by atoms with Gasteiger partial charge in [-0.15, -0.1) is 0 Å². The Kier molecular flexibility index (Phi) is 6.52. The molecule has 0 aromatic heterocycles. The maximum atomic E-state index is 11.3. The van der Waals surface area contributed by atoms with Crippen molar-refractivity contribution >= 4 is 5.97 Å². The fraction of sp³-hybridized carbons (Fsp3) is 0.562. The Morgan fingerprint density at radius 2 is 2.05 bits per heavy atom. The first-order chi connectivity index (χ1) is 9.43. The van der Waals surface area contributed by atoms with Gasteiger partial charge in [0.05, 0.1) is 13.0 Å². The molecule has 0 bridgehead atoms. The average molecular weight is 279 g/mol. The Hall–Kier alpha value is -1.55. The standard InChI is InChI=1S/C16H25NO3/c1-12-6-7-13(2)15(10-12)20-9-8-17(4)11-14(3)16(18)19-5/h6-7,10,14H,8-9,11H2,1-5H3. The van der Waals surface area contributed by atoms with Crippen molar-refractivity contribution < 1.29 is 14.3 Å². The van der Waals surface area contributed by atoms with Gasteiger partial charge in [0.2, 0.25) is 0 Å². The highest BCUT2D eigenvalue weighted by atomic mass is 16.5. The zero-order valence-electron chi connectivity index (χ0n) is 13.1. The summed E-state index contributed by atoms with van der Waals surface area (Å²) in [5.74, 6) is 0.636. The number of esters is 1. The first-order valence-corrected chi connectivity index (χ1v) is 6.90. The minimum Gasteiger partial charge on any atom is -0.492 e. The van der Waals surface area contributed by atoms with Gasteiger partial charge in [-0.3, -0.25) is 4.79 Å². The topological polar surface area (TPSA) is 38.8 Å². The number of carbonyl (C=O) groups excluding carboxylic acids is 1. The second kappa shape index (κ2) is 7.90. The van der Waals surface area contributed by atoms with E-state index in [-0.39, 0.29) is 11.9 Å². The molecule has 1 atom stereocenters. The average Bonchev–Trinajstić information content (AvgIpc) is 2.41. The Morgan fingerprint density at radius 1 is 1.35 bits per heavy atom. The van der Waals surface area contributed by atoms with E-state index < -0.39 is 0 Å². The SMILES string of the molecule is COC(=O)C(C)CN(C)CCOc1cc(C)ccc1C. The molecule has 0 N–H and O–H groups in total. The van der Waals surface area contributed by atoms with E-state index in [1.807, 2.05) is 27.0 Å². The van der Waals surface area contributed by atoms with Crippen LogP contribution < -0.4 is 4.74 Å². The first-order valence-electron chi connectivity index (χ1n) is 6.90. The lowest BCUT2D eigenvalue weighted by atomic mass is 10.1. The molecule has 0 fully saturated rings. The van der Waals surface area contributed by atoms with Crippen molar-refractivity contribution in [2.75, 3.05) is 33.9 Å². The largest absolute Gasteiger partial charge is 0.492 e. The van der Waals surface area contributed by atoms with E-state index in [1.54, 1.807) is 0 Å². The monoisotopic (exact) mass is 279 g/mol. The Bertz CT molecular complexity index is 445. The molecule has 1 rings (SSSR count). The quantitative estimate of drug-likeness (QED) is 0.719. The van der Waals surface area contributed by atoms with Crippen LogP contribution in [0.4, 0.5) is 0 Å². The van der Waals surface area contributed by atoms with E-state index in [9.17, 15) is 4.79 Å². The number of aryl methyl sites for hydroxylation is 2. The van der Waals surface area contributed by atoms with Crippen LogP contribution in [0.3, 0.4) is 0 Å². The van der Waals surface area contributed by atoms with Crippen LogP contribution in [0.15, 0.2) is 18.2 Å². The molecule has 0 radical (unpaired) electrons. The molecular formula is C16H25NO3. The summed E-state index contributed by atoms with van der Waals surface area (Å²) in [5, 5.41) is 0. The van der Waals surface area contributed by atoms with Gasteiger partial charge in [-0.25, -0.2) is 0 Å². The van der Waals surface area contributed by atoms with E-state index in [1.165, 1.54) is 12.7 Å². The summed E-state index contributed by atoms with van der Waals surface area (Å²) in [6, 6.07) is 6.19. The van der Waals surface area contributed by atoms with Crippen molar-refractivity contribution in [3.8, 4) is 5.75 Å². The van der Waals surface area contributed by atoms with Gasteiger partial charge in [0, 0.05) is 13.1 Å². The highest BCUT2D eigenvalue weighted by Crippen LogP contribution is 2.18. The van der Waals surface area contributed by atoms with Crippen LogP contribution in [-0.4, -0.2) is 44.7 Å². The minimum absolute atomic E-state index is 0.120. The Morgan fingerprint density at radius 3 is 2.70 bits per heavy atom. The fourth-order valence-electron chi connectivity index (χ4n) is 2.01. The van der Waals surface area contributed by atoms with Crippen molar-refractivity contribution in [3.05, 3.63) is 29.3 Å². The lowest BCUT2D eigenvalue weighted by Gasteiger charge is -2.20. The molecule has 0 saturated carbocycles. The van der Waals surface area contributed by atoms with Crippen molar-refractivity contribution in [1.29, 1.82) is 0 Å². The minimum atomic E-state index is -0.174. The van der Waals surface area contributed by atoms with Crippen LogP contribution in [0, 0.1) is 19.8 Å². The zero-order valence-corrected chi connectivity index (χ0v) is 13.1. The van der Waals surface area contributed by atoms with Gasteiger partial charge in [-0.1, -0.05) is 19.1 Å². The first kappa shape index (κ1) is 16.5. The van der Waals surface area contributed by atoms with E-state index in [0.717, 1.165) is 17.9 Å². The van der Waals surface area contributed by atoms with Crippen molar-refractivity contribution in [2.45, 2.75) is 20.8 Å². The second-order valence-corrected chi connectivity index (χ2v) is 5.30. The molecule has 20 heavy (non-hydrogen) atoms. The molecule has 1 unspecified atom stereocenters. The highest BCUT2D eigenvalue weighted by molar-refractivity contribution is 5.72. The Balaban J connectivity index is 2.36. The van der Waals surface area contributed by atoms with E-state index in [0.29, 0.717) is 13.2 Å². The number of hydrogen-bond donors (Lipinski definition) is 0. The van der Waals surface area contributed by atoms with Crippen molar-refractivity contribution in [1.82, 2.24) is 4.90 Å². The van der Waals surface area contributed by atoms with Gasteiger partial charge in [0.25, 0.3) is 0 Å². The molecule has 0 amide bonds. The summed E-state index contributed by atoms with van der Waals surface area (Å²) in [6.07, 6.45) is 0. The molecule has 1 aromatic rings. The molecule has 112 valence electrons. The number of benzene rings is 1. The molecule has 0 heterocycles. The van der Waals surface area contributed by atoms with Crippen LogP contribution in [0.1, 0.15) is 18.1 Å². The van der Waals surface area contributed by atoms with E-state index >= 15 is 0 Å². The van der Waals surface area contributed by atoms with Gasteiger partial charge in [0.15, 0.2) is 0 Å². The number of hydrogen-bond acceptors (Lipinski definition) is 4. The van der Waals surface area contributed by atoms with Gasteiger partial charge < -0.3 is 14.4 Å². The van der Waals surface area contributed by atoms with Crippen LogP contribution >= 0.6 is 0 Å². The number of likely N-dealkylation sites (N-methyl/N-ethyl adjacent to an activating group) is 1. The van der Waals surface area contributed by atoms with Crippen molar-refractivity contribution in [2.24, 2.45) is 5.92 Å². The molecule has 0 aliphatic heterocycles. The summed E-state index contributed by atoms with van der Waals surface area (Å²) in [4.78, 5) is 13.4. The summed E-state index contributed by atoms with van der Waals surface area (Å²) in [7, 11) is 3.40. The predicted molar refractivity (Wildman–Crippen MR) is 80.1 cm³/mol.